The lowest BCUT2D eigenvalue weighted by molar-refractivity contribution is 0.553. The molecule has 21 heavy (non-hydrogen) atoms. The van der Waals surface area contributed by atoms with Gasteiger partial charge in [0.1, 0.15) is 5.82 Å². The van der Waals surface area contributed by atoms with Crippen molar-refractivity contribution in [2.75, 3.05) is 5.75 Å². The van der Waals surface area contributed by atoms with Crippen molar-refractivity contribution in [1.82, 2.24) is 4.72 Å². The maximum atomic E-state index is 13.3. The molecule has 118 valence electrons. The van der Waals surface area contributed by atoms with Gasteiger partial charge in [-0.1, -0.05) is 13.3 Å². The van der Waals surface area contributed by atoms with Crippen molar-refractivity contribution in [3.8, 4) is 0 Å². The minimum Gasteiger partial charge on any atom is -0.207 e. The molecule has 0 bridgehead atoms. The second-order valence-electron chi connectivity index (χ2n) is 5.52. The van der Waals surface area contributed by atoms with E-state index in [1.165, 1.54) is 12.1 Å². The first kappa shape index (κ1) is 16.8. The van der Waals surface area contributed by atoms with Crippen LogP contribution in [0.4, 0.5) is 4.39 Å². The van der Waals surface area contributed by atoms with Gasteiger partial charge in [-0.15, -0.1) is 0 Å². The topological polar surface area (TPSA) is 46.2 Å². The van der Waals surface area contributed by atoms with E-state index in [1.54, 1.807) is 25.6 Å². The summed E-state index contributed by atoms with van der Waals surface area (Å²) in [5.74, 6) is 0.585. The minimum atomic E-state index is -3.60. The molecule has 1 aliphatic carbocycles. The highest BCUT2D eigenvalue weighted by molar-refractivity contribution is 8.00. The molecule has 2 rings (SSSR count). The van der Waals surface area contributed by atoms with Crippen LogP contribution in [0.2, 0.25) is 0 Å². The number of benzene rings is 1. The first-order chi connectivity index (χ1) is 9.85. The molecular formula is C15H22FNO2S2. The lowest BCUT2D eigenvalue weighted by atomic mass is 10.1. The fourth-order valence-electron chi connectivity index (χ4n) is 3.05. The highest BCUT2D eigenvalue weighted by Crippen LogP contribution is 2.31. The number of hydrogen-bond acceptors (Lipinski definition) is 3. The third-order valence-corrected chi connectivity index (χ3v) is 6.95. The standard InChI is InChI=1S/C15H22FNO2S2/c1-4-20-14-7-5-6-13(14)17-21(18,19)15-10(2)8-12(16)9-11(15)3/h8-9,13-14,17H,4-7H2,1-3H3. The number of sulfonamides is 1. The molecule has 1 N–H and O–H groups in total. The van der Waals surface area contributed by atoms with Crippen molar-refractivity contribution in [3.63, 3.8) is 0 Å². The van der Waals surface area contributed by atoms with Gasteiger partial charge in [-0.2, -0.15) is 11.8 Å². The normalized spacial score (nSPS) is 22.7. The van der Waals surface area contributed by atoms with Gasteiger partial charge >= 0.3 is 0 Å². The molecule has 1 aromatic rings. The van der Waals surface area contributed by atoms with E-state index in [0.29, 0.717) is 16.4 Å². The van der Waals surface area contributed by atoms with Crippen molar-refractivity contribution in [1.29, 1.82) is 0 Å². The van der Waals surface area contributed by atoms with E-state index < -0.39 is 15.8 Å². The van der Waals surface area contributed by atoms with Crippen LogP contribution in [-0.2, 0) is 10.0 Å². The monoisotopic (exact) mass is 331 g/mol. The molecule has 6 heteroatoms. The van der Waals surface area contributed by atoms with Crippen LogP contribution in [0.1, 0.15) is 37.3 Å². The first-order valence-electron chi connectivity index (χ1n) is 7.26. The van der Waals surface area contributed by atoms with Gasteiger partial charge in [0.05, 0.1) is 4.90 Å². The molecule has 0 radical (unpaired) electrons. The van der Waals surface area contributed by atoms with Gasteiger partial charge in [0.15, 0.2) is 0 Å². The van der Waals surface area contributed by atoms with E-state index in [0.717, 1.165) is 25.0 Å². The largest absolute Gasteiger partial charge is 0.241 e. The van der Waals surface area contributed by atoms with Gasteiger partial charge in [-0.25, -0.2) is 17.5 Å². The van der Waals surface area contributed by atoms with E-state index in [1.807, 2.05) is 0 Å². The molecule has 0 heterocycles. The summed E-state index contributed by atoms with van der Waals surface area (Å²) in [5.41, 5.74) is 0.912. The third kappa shape index (κ3) is 3.79. The van der Waals surface area contributed by atoms with Crippen molar-refractivity contribution < 1.29 is 12.8 Å². The molecule has 0 amide bonds. The molecular weight excluding hydrogens is 309 g/mol. The second-order valence-corrected chi connectivity index (χ2v) is 8.69. The number of thioether (sulfide) groups is 1. The highest BCUT2D eigenvalue weighted by atomic mass is 32.2. The molecule has 0 aliphatic heterocycles. The van der Waals surface area contributed by atoms with Crippen LogP contribution in [0.3, 0.4) is 0 Å². The summed E-state index contributed by atoms with van der Waals surface area (Å²) >= 11 is 1.81. The van der Waals surface area contributed by atoms with Crippen LogP contribution in [0.25, 0.3) is 0 Å². The Balaban J connectivity index is 2.27. The van der Waals surface area contributed by atoms with Crippen LogP contribution >= 0.6 is 11.8 Å². The summed E-state index contributed by atoms with van der Waals surface area (Å²) in [6.07, 6.45) is 2.97. The Morgan fingerprint density at radius 1 is 1.29 bits per heavy atom. The second kappa shape index (κ2) is 6.67. The smallest absolute Gasteiger partial charge is 0.207 e. The van der Waals surface area contributed by atoms with E-state index >= 15 is 0 Å². The summed E-state index contributed by atoms with van der Waals surface area (Å²) < 4.78 is 41.5. The van der Waals surface area contributed by atoms with Gasteiger partial charge in [0, 0.05) is 11.3 Å². The van der Waals surface area contributed by atoms with Crippen LogP contribution in [0.5, 0.6) is 0 Å². The summed E-state index contributed by atoms with van der Waals surface area (Å²) in [4.78, 5) is 0.219. The lowest BCUT2D eigenvalue weighted by Gasteiger charge is -2.21. The molecule has 0 saturated heterocycles. The Bertz CT molecular complexity index is 593. The molecule has 1 saturated carbocycles. The predicted octanol–water partition coefficient (Wildman–Crippen LogP) is 3.40. The fraction of sp³-hybridized carbons (Fsp3) is 0.600. The summed E-state index contributed by atoms with van der Waals surface area (Å²) in [6.45, 7) is 5.36. The number of aryl methyl sites for hydroxylation is 2. The molecule has 1 aliphatic rings. The van der Waals surface area contributed by atoms with Gasteiger partial charge in [-0.3, -0.25) is 0 Å². The Kier molecular flexibility index (Phi) is 5.33. The molecule has 2 atom stereocenters. The first-order valence-corrected chi connectivity index (χ1v) is 9.79. The maximum absolute atomic E-state index is 13.3. The SMILES string of the molecule is CCSC1CCCC1NS(=O)(=O)c1c(C)cc(F)cc1C. The zero-order valence-electron chi connectivity index (χ0n) is 12.6. The molecule has 1 fully saturated rings. The van der Waals surface area contributed by atoms with E-state index in [2.05, 4.69) is 11.6 Å². The summed E-state index contributed by atoms with van der Waals surface area (Å²) in [6, 6.07) is 2.52. The summed E-state index contributed by atoms with van der Waals surface area (Å²) in [5, 5.41) is 0.339. The average molecular weight is 331 g/mol. The molecule has 2 unspecified atom stereocenters. The van der Waals surface area contributed by atoms with Crippen LogP contribution < -0.4 is 4.72 Å². The Morgan fingerprint density at radius 3 is 2.48 bits per heavy atom. The van der Waals surface area contributed by atoms with Gasteiger partial charge < -0.3 is 0 Å². The van der Waals surface area contributed by atoms with E-state index in [-0.39, 0.29) is 10.9 Å². The number of rotatable bonds is 5. The van der Waals surface area contributed by atoms with Crippen molar-refractivity contribution in [3.05, 3.63) is 29.1 Å². The van der Waals surface area contributed by atoms with Crippen LogP contribution in [0.15, 0.2) is 17.0 Å². The van der Waals surface area contributed by atoms with Crippen LogP contribution in [-0.4, -0.2) is 25.5 Å². The highest BCUT2D eigenvalue weighted by Gasteiger charge is 2.32. The minimum absolute atomic E-state index is 0.0243. The Hall–Kier alpha value is -0.590. The predicted molar refractivity (Wildman–Crippen MR) is 85.8 cm³/mol. The zero-order valence-corrected chi connectivity index (χ0v) is 14.3. The average Bonchev–Trinajstić information content (AvgIpc) is 2.74. The van der Waals surface area contributed by atoms with Crippen molar-refractivity contribution >= 4 is 21.8 Å². The number of halogens is 1. The molecule has 1 aromatic carbocycles. The fourth-order valence-corrected chi connectivity index (χ4v) is 6.10. The number of hydrogen-bond donors (Lipinski definition) is 1. The van der Waals surface area contributed by atoms with Crippen molar-refractivity contribution in [2.24, 2.45) is 0 Å². The quantitative estimate of drug-likeness (QED) is 0.899. The number of nitrogens with one attached hydrogen (secondary N) is 1. The molecule has 0 spiro atoms. The van der Waals surface area contributed by atoms with Crippen LogP contribution in [0, 0.1) is 19.7 Å². The van der Waals surface area contributed by atoms with Gasteiger partial charge in [0.2, 0.25) is 10.0 Å². The summed E-state index contributed by atoms with van der Waals surface area (Å²) in [7, 11) is -3.60. The van der Waals surface area contributed by atoms with Crippen molar-refractivity contribution in [2.45, 2.75) is 56.2 Å². The Morgan fingerprint density at radius 2 is 1.90 bits per heavy atom. The molecule has 3 nitrogen and oxygen atoms in total. The maximum Gasteiger partial charge on any atom is 0.241 e. The lowest BCUT2D eigenvalue weighted by Crippen LogP contribution is -2.39. The van der Waals surface area contributed by atoms with Gasteiger partial charge in [-0.05, 0) is 55.7 Å². The Labute approximate surface area is 130 Å². The third-order valence-electron chi connectivity index (χ3n) is 3.83. The molecule has 0 aromatic heterocycles. The van der Waals surface area contributed by atoms with Gasteiger partial charge in [0.25, 0.3) is 0 Å². The van der Waals surface area contributed by atoms with E-state index in [9.17, 15) is 12.8 Å². The van der Waals surface area contributed by atoms with E-state index in [4.69, 9.17) is 0 Å². The zero-order chi connectivity index (χ0) is 15.6.